The smallest absolute Gasteiger partial charge is 0.151 e. The van der Waals surface area contributed by atoms with Crippen molar-refractivity contribution < 1.29 is 0 Å². The lowest BCUT2D eigenvalue weighted by atomic mass is 10.2. The lowest BCUT2D eigenvalue weighted by Gasteiger charge is -2.37. The number of hydrogen-bond acceptors (Lipinski definition) is 4. The molecule has 0 amide bonds. The molecule has 1 aromatic rings. The summed E-state index contributed by atoms with van der Waals surface area (Å²) in [5.41, 5.74) is 2.25. The number of nitrogens with zero attached hydrogens (tertiary/aromatic N) is 4. The number of piperazine rings is 1. The van der Waals surface area contributed by atoms with Gasteiger partial charge in [0.05, 0.1) is 5.69 Å². The molecule has 0 unspecified atom stereocenters. The third kappa shape index (κ3) is 2.75. The van der Waals surface area contributed by atoms with E-state index in [-0.39, 0.29) is 0 Å². The summed E-state index contributed by atoms with van der Waals surface area (Å²) >= 11 is 0. The Labute approximate surface area is 104 Å². The quantitative estimate of drug-likeness (QED) is 0.778. The second kappa shape index (κ2) is 5.00. The monoisotopic (exact) mass is 234 g/mol. The van der Waals surface area contributed by atoms with Crippen LogP contribution in [0.5, 0.6) is 0 Å². The number of anilines is 1. The summed E-state index contributed by atoms with van der Waals surface area (Å²) in [5, 5.41) is 8.49. The minimum absolute atomic E-state index is 0.642. The first-order valence-corrected chi connectivity index (χ1v) is 6.38. The Hall–Kier alpha value is -1.16. The molecular formula is C13H22N4. The average molecular weight is 234 g/mol. The molecule has 17 heavy (non-hydrogen) atoms. The standard InChI is InChI=1S/C13H22N4/c1-10(2)16-5-7-17(8-6-16)13-9-11(3)12(4)14-15-13/h9-10H,5-8H2,1-4H3. The van der Waals surface area contributed by atoms with Crippen molar-refractivity contribution in [1.29, 1.82) is 0 Å². The van der Waals surface area contributed by atoms with E-state index >= 15 is 0 Å². The Morgan fingerprint density at radius 1 is 1.06 bits per heavy atom. The van der Waals surface area contributed by atoms with E-state index in [4.69, 9.17) is 0 Å². The van der Waals surface area contributed by atoms with Crippen molar-refractivity contribution >= 4 is 5.82 Å². The molecule has 1 fully saturated rings. The van der Waals surface area contributed by atoms with E-state index in [1.165, 1.54) is 5.56 Å². The van der Waals surface area contributed by atoms with E-state index in [0.29, 0.717) is 6.04 Å². The van der Waals surface area contributed by atoms with Gasteiger partial charge in [0, 0.05) is 32.2 Å². The molecule has 0 radical (unpaired) electrons. The normalized spacial score (nSPS) is 17.8. The van der Waals surface area contributed by atoms with Crippen molar-refractivity contribution in [3.63, 3.8) is 0 Å². The zero-order valence-corrected chi connectivity index (χ0v) is 11.3. The molecule has 4 heteroatoms. The molecule has 0 aromatic carbocycles. The van der Waals surface area contributed by atoms with Crippen molar-refractivity contribution in [2.45, 2.75) is 33.7 Å². The maximum Gasteiger partial charge on any atom is 0.151 e. The van der Waals surface area contributed by atoms with Gasteiger partial charge in [-0.05, 0) is 39.3 Å². The molecule has 2 heterocycles. The van der Waals surface area contributed by atoms with Crippen LogP contribution in [0, 0.1) is 13.8 Å². The highest BCUT2D eigenvalue weighted by molar-refractivity contribution is 5.41. The molecule has 0 spiro atoms. The van der Waals surface area contributed by atoms with Crippen molar-refractivity contribution in [1.82, 2.24) is 15.1 Å². The van der Waals surface area contributed by atoms with Crippen LogP contribution in [0.4, 0.5) is 5.82 Å². The third-order valence-electron chi connectivity index (χ3n) is 3.59. The topological polar surface area (TPSA) is 32.3 Å². The van der Waals surface area contributed by atoms with Gasteiger partial charge in [-0.15, -0.1) is 5.10 Å². The van der Waals surface area contributed by atoms with Gasteiger partial charge >= 0.3 is 0 Å². The SMILES string of the molecule is Cc1cc(N2CCN(C(C)C)CC2)nnc1C. The van der Waals surface area contributed by atoms with Gasteiger partial charge in [0.15, 0.2) is 5.82 Å². The van der Waals surface area contributed by atoms with Crippen LogP contribution < -0.4 is 4.90 Å². The molecule has 1 aliphatic heterocycles. The van der Waals surface area contributed by atoms with Crippen LogP contribution in [0.1, 0.15) is 25.1 Å². The Bertz CT molecular complexity index is 381. The van der Waals surface area contributed by atoms with Gasteiger partial charge in [0.2, 0.25) is 0 Å². The van der Waals surface area contributed by atoms with Crippen molar-refractivity contribution in [3.8, 4) is 0 Å². The Morgan fingerprint density at radius 2 is 1.71 bits per heavy atom. The van der Waals surface area contributed by atoms with Crippen LogP contribution in [-0.4, -0.2) is 47.3 Å². The van der Waals surface area contributed by atoms with Crippen LogP contribution in [-0.2, 0) is 0 Å². The first kappa shape index (κ1) is 12.3. The third-order valence-corrected chi connectivity index (χ3v) is 3.59. The maximum absolute atomic E-state index is 4.29. The molecule has 1 aliphatic rings. The predicted molar refractivity (Wildman–Crippen MR) is 70.4 cm³/mol. The lowest BCUT2D eigenvalue weighted by Crippen LogP contribution is -2.49. The van der Waals surface area contributed by atoms with Gasteiger partial charge in [0.25, 0.3) is 0 Å². The van der Waals surface area contributed by atoms with E-state index in [1.807, 2.05) is 6.92 Å². The maximum atomic E-state index is 4.29. The van der Waals surface area contributed by atoms with Crippen LogP contribution in [0.25, 0.3) is 0 Å². The molecule has 1 aromatic heterocycles. The van der Waals surface area contributed by atoms with E-state index in [0.717, 1.165) is 37.7 Å². The fourth-order valence-electron chi connectivity index (χ4n) is 2.15. The highest BCUT2D eigenvalue weighted by Gasteiger charge is 2.20. The predicted octanol–water partition coefficient (Wildman–Crippen LogP) is 1.62. The lowest BCUT2D eigenvalue weighted by molar-refractivity contribution is 0.209. The first-order valence-electron chi connectivity index (χ1n) is 6.38. The second-order valence-electron chi connectivity index (χ2n) is 5.09. The van der Waals surface area contributed by atoms with Gasteiger partial charge in [-0.3, -0.25) is 4.90 Å². The number of hydrogen-bond donors (Lipinski definition) is 0. The molecule has 0 N–H and O–H groups in total. The minimum atomic E-state index is 0.642. The number of rotatable bonds is 2. The van der Waals surface area contributed by atoms with Gasteiger partial charge in [-0.2, -0.15) is 5.10 Å². The summed E-state index contributed by atoms with van der Waals surface area (Å²) in [6, 6.07) is 2.79. The van der Waals surface area contributed by atoms with Gasteiger partial charge < -0.3 is 4.90 Å². The van der Waals surface area contributed by atoms with Crippen molar-refractivity contribution in [2.24, 2.45) is 0 Å². The van der Waals surface area contributed by atoms with Crippen molar-refractivity contribution in [3.05, 3.63) is 17.3 Å². The zero-order chi connectivity index (χ0) is 12.4. The molecule has 0 aliphatic carbocycles. The fraction of sp³-hybridized carbons (Fsp3) is 0.692. The average Bonchev–Trinajstić information content (AvgIpc) is 2.33. The summed E-state index contributed by atoms with van der Waals surface area (Å²) in [6.07, 6.45) is 0. The van der Waals surface area contributed by atoms with Crippen molar-refractivity contribution in [2.75, 3.05) is 31.1 Å². The largest absolute Gasteiger partial charge is 0.353 e. The Kier molecular flexibility index (Phi) is 3.62. The van der Waals surface area contributed by atoms with E-state index < -0.39 is 0 Å². The molecule has 1 saturated heterocycles. The van der Waals surface area contributed by atoms with Crippen LogP contribution >= 0.6 is 0 Å². The Balaban J connectivity index is 2.03. The van der Waals surface area contributed by atoms with E-state index in [9.17, 15) is 0 Å². The number of aromatic nitrogens is 2. The minimum Gasteiger partial charge on any atom is -0.353 e. The summed E-state index contributed by atoms with van der Waals surface area (Å²) < 4.78 is 0. The van der Waals surface area contributed by atoms with Gasteiger partial charge in [0.1, 0.15) is 0 Å². The van der Waals surface area contributed by atoms with Gasteiger partial charge in [-0.25, -0.2) is 0 Å². The molecule has 0 atom stereocenters. The molecule has 4 nitrogen and oxygen atoms in total. The van der Waals surface area contributed by atoms with Crippen LogP contribution in [0.3, 0.4) is 0 Å². The van der Waals surface area contributed by atoms with E-state index in [2.05, 4.69) is 46.8 Å². The number of aryl methyl sites for hydroxylation is 2. The Morgan fingerprint density at radius 3 is 2.24 bits per heavy atom. The summed E-state index contributed by atoms with van der Waals surface area (Å²) in [7, 11) is 0. The highest BCUT2D eigenvalue weighted by atomic mass is 15.3. The van der Waals surface area contributed by atoms with Crippen LogP contribution in [0.2, 0.25) is 0 Å². The molecule has 0 saturated carbocycles. The second-order valence-corrected chi connectivity index (χ2v) is 5.09. The molecular weight excluding hydrogens is 212 g/mol. The van der Waals surface area contributed by atoms with Gasteiger partial charge in [-0.1, -0.05) is 0 Å². The summed E-state index contributed by atoms with van der Waals surface area (Å²) in [4.78, 5) is 4.84. The molecule has 2 rings (SSSR count). The fourth-order valence-corrected chi connectivity index (χ4v) is 2.15. The molecule has 94 valence electrons. The zero-order valence-electron chi connectivity index (χ0n) is 11.3. The van der Waals surface area contributed by atoms with E-state index in [1.54, 1.807) is 0 Å². The highest BCUT2D eigenvalue weighted by Crippen LogP contribution is 2.16. The first-order chi connectivity index (χ1) is 8.08. The van der Waals surface area contributed by atoms with Crippen LogP contribution in [0.15, 0.2) is 6.07 Å². The molecule has 0 bridgehead atoms. The summed E-state index contributed by atoms with van der Waals surface area (Å²) in [5.74, 6) is 1.02. The summed E-state index contributed by atoms with van der Waals surface area (Å²) in [6.45, 7) is 12.9.